The van der Waals surface area contributed by atoms with E-state index in [1.165, 1.54) is 6.07 Å². The SMILES string of the molecule is C=C/C(=C\C(=C/C)c1cc2c(-c3nc4c(-c5ccncc5)nccc4[nH]3)n[nH]c2cc1F)CNCC. The van der Waals surface area contributed by atoms with E-state index in [0.29, 0.717) is 29.1 Å². The normalized spacial score (nSPS) is 12.5. The number of nitrogens with zero attached hydrogens (tertiary/aromatic N) is 4. The van der Waals surface area contributed by atoms with Gasteiger partial charge < -0.3 is 10.3 Å². The zero-order valence-corrected chi connectivity index (χ0v) is 20.1. The van der Waals surface area contributed by atoms with Crippen molar-refractivity contribution in [2.24, 2.45) is 0 Å². The first kappa shape index (κ1) is 23.3. The van der Waals surface area contributed by atoms with Crippen LogP contribution >= 0.6 is 0 Å². The maximum atomic E-state index is 15.2. The number of rotatable bonds is 8. The van der Waals surface area contributed by atoms with Crippen molar-refractivity contribution in [3.05, 3.63) is 90.7 Å². The molecular formula is C28H26FN7. The first-order valence-corrected chi connectivity index (χ1v) is 11.8. The van der Waals surface area contributed by atoms with Gasteiger partial charge in [0.25, 0.3) is 0 Å². The summed E-state index contributed by atoms with van der Waals surface area (Å²) in [7, 11) is 0. The van der Waals surface area contributed by atoms with Gasteiger partial charge in [-0.25, -0.2) is 9.37 Å². The van der Waals surface area contributed by atoms with E-state index in [9.17, 15) is 0 Å². The van der Waals surface area contributed by atoms with Gasteiger partial charge in [-0.2, -0.15) is 5.10 Å². The number of aromatic amines is 2. The number of nitrogens with one attached hydrogen (secondary N) is 3. The number of pyridine rings is 2. The second-order valence-electron chi connectivity index (χ2n) is 8.27. The third-order valence-corrected chi connectivity index (χ3v) is 6.03. The molecule has 0 aliphatic carbocycles. The average Bonchev–Trinajstić information content (AvgIpc) is 3.52. The summed E-state index contributed by atoms with van der Waals surface area (Å²) in [5.41, 5.74) is 6.67. The maximum absolute atomic E-state index is 15.2. The van der Waals surface area contributed by atoms with Crippen LogP contribution in [0.2, 0.25) is 0 Å². The van der Waals surface area contributed by atoms with Crippen molar-refractivity contribution in [2.75, 3.05) is 13.1 Å². The van der Waals surface area contributed by atoms with Crippen LogP contribution in [0.25, 0.3) is 50.3 Å². The van der Waals surface area contributed by atoms with Crippen molar-refractivity contribution in [3.8, 4) is 22.8 Å². The molecule has 0 unspecified atom stereocenters. The highest BCUT2D eigenvalue weighted by Crippen LogP contribution is 2.33. The molecule has 7 nitrogen and oxygen atoms in total. The van der Waals surface area contributed by atoms with Crippen LogP contribution in [0.5, 0.6) is 0 Å². The number of aromatic nitrogens is 6. The molecule has 0 saturated carbocycles. The summed E-state index contributed by atoms with van der Waals surface area (Å²) >= 11 is 0. The number of allylic oxidation sites excluding steroid dienone is 3. The minimum Gasteiger partial charge on any atom is -0.336 e. The Hall–Kier alpha value is -4.43. The average molecular weight is 480 g/mol. The predicted molar refractivity (Wildman–Crippen MR) is 143 cm³/mol. The molecule has 4 aromatic heterocycles. The lowest BCUT2D eigenvalue weighted by atomic mass is 9.99. The van der Waals surface area contributed by atoms with Gasteiger partial charge in [0.2, 0.25) is 0 Å². The Labute approximate surface area is 207 Å². The molecular weight excluding hydrogens is 453 g/mol. The third-order valence-electron chi connectivity index (χ3n) is 6.03. The van der Waals surface area contributed by atoms with E-state index in [-0.39, 0.29) is 5.82 Å². The fourth-order valence-electron chi connectivity index (χ4n) is 4.18. The Kier molecular flexibility index (Phi) is 6.51. The Morgan fingerprint density at radius 3 is 2.69 bits per heavy atom. The maximum Gasteiger partial charge on any atom is 0.159 e. The highest BCUT2D eigenvalue weighted by molar-refractivity contribution is 5.97. The number of H-pyrrole nitrogens is 2. The topological polar surface area (TPSA) is 95.2 Å². The van der Waals surface area contributed by atoms with E-state index in [2.05, 4.69) is 37.0 Å². The number of hydrogen-bond acceptors (Lipinski definition) is 5. The minimum absolute atomic E-state index is 0.331. The molecule has 36 heavy (non-hydrogen) atoms. The van der Waals surface area contributed by atoms with E-state index in [4.69, 9.17) is 4.98 Å². The molecule has 5 aromatic rings. The monoisotopic (exact) mass is 479 g/mol. The first-order chi connectivity index (χ1) is 17.6. The number of hydrogen-bond donors (Lipinski definition) is 3. The smallest absolute Gasteiger partial charge is 0.159 e. The number of benzene rings is 1. The molecule has 0 amide bonds. The molecule has 0 radical (unpaired) electrons. The number of imidazole rings is 1. The summed E-state index contributed by atoms with van der Waals surface area (Å²) in [6.45, 7) is 9.33. The molecule has 8 heteroatoms. The fourth-order valence-corrected chi connectivity index (χ4v) is 4.18. The second kappa shape index (κ2) is 10.1. The van der Waals surface area contributed by atoms with Crippen LogP contribution in [-0.2, 0) is 0 Å². The third kappa shape index (κ3) is 4.34. The quantitative estimate of drug-likeness (QED) is 0.244. The summed E-state index contributed by atoms with van der Waals surface area (Å²) < 4.78 is 15.2. The molecule has 0 spiro atoms. The molecule has 0 fully saturated rings. The van der Waals surface area contributed by atoms with Gasteiger partial charge in [0.1, 0.15) is 17.0 Å². The summed E-state index contributed by atoms with van der Waals surface area (Å²) in [6, 6.07) is 8.96. The van der Waals surface area contributed by atoms with E-state index >= 15 is 4.39 Å². The Balaban J connectivity index is 1.61. The summed E-state index contributed by atoms with van der Waals surface area (Å²) in [6.07, 6.45) is 10.8. The van der Waals surface area contributed by atoms with E-state index < -0.39 is 0 Å². The van der Waals surface area contributed by atoms with Crippen molar-refractivity contribution in [3.63, 3.8) is 0 Å². The highest BCUT2D eigenvalue weighted by Gasteiger charge is 2.18. The van der Waals surface area contributed by atoms with Gasteiger partial charge in [0, 0.05) is 47.7 Å². The van der Waals surface area contributed by atoms with Crippen LogP contribution in [0.4, 0.5) is 4.39 Å². The van der Waals surface area contributed by atoms with Crippen LogP contribution in [0.3, 0.4) is 0 Å². The lowest BCUT2D eigenvalue weighted by Gasteiger charge is -2.08. The van der Waals surface area contributed by atoms with Crippen LogP contribution in [0.1, 0.15) is 19.4 Å². The minimum atomic E-state index is -0.331. The number of halogens is 1. The molecule has 0 bridgehead atoms. The molecule has 3 N–H and O–H groups in total. The van der Waals surface area contributed by atoms with Crippen LogP contribution < -0.4 is 5.32 Å². The molecule has 1 aromatic carbocycles. The van der Waals surface area contributed by atoms with Gasteiger partial charge in [0.05, 0.1) is 16.7 Å². The van der Waals surface area contributed by atoms with Crippen LogP contribution in [0, 0.1) is 5.82 Å². The van der Waals surface area contributed by atoms with Crippen molar-refractivity contribution in [2.45, 2.75) is 13.8 Å². The summed E-state index contributed by atoms with van der Waals surface area (Å²) in [4.78, 5) is 16.8. The van der Waals surface area contributed by atoms with E-state index in [0.717, 1.165) is 45.4 Å². The zero-order valence-electron chi connectivity index (χ0n) is 20.1. The largest absolute Gasteiger partial charge is 0.336 e. The Morgan fingerprint density at radius 1 is 1.11 bits per heavy atom. The molecule has 0 saturated heterocycles. The lowest BCUT2D eigenvalue weighted by Crippen LogP contribution is -2.15. The van der Waals surface area contributed by atoms with Gasteiger partial charge in [0.15, 0.2) is 5.82 Å². The van der Waals surface area contributed by atoms with Gasteiger partial charge in [-0.05, 0) is 48.9 Å². The van der Waals surface area contributed by atoms with Gasteiger partial charge in [-0.1, -0.05) is 31.7 Å². The van der Waals surface area contributed by atoms with Crippen molar-refractivity contribution in [1.82, 2.24) is 35.5 Å². The van der Waals surface area contributed by atoms with Crippen molar-refractivity contribution >= 4 is 27.5 Å². The van der Waals surface area contributed by atoms with Gasteiger partial charge in [-0.15, -0.1) is 0 Å². The van der Waals surface area contributed by atoms with Gasteiger partial charge in [-0.3, -0.25) is 15.1 Å². The molecule has 180 valence electrons. The van der Waals surface area contributed by atoms with E-state index in [1.54, 1.807) is 24.7 Å². The lowest BCUT2D eigenvalue weighted by molar-refractivity contribution is 0.626. The first-order valence-electron chi connectivity index (χ1n) is 11.8. The van der Waals surface area contributed by atoms with Crippen molar-refractivity contribution in [1.29, 1.82) is 0 Å². The Morgan fingerprint density at radius 2 is 1.94 bits per heavy atom. The number of fused-ring (bicyclic) bond motifs is 2. The Bertz CT molecular complexity index is 1610. The predicted octanol–water partition coefficient (Wildman–Crippen LogP) is 5.83. The zero-order chi connectivity index (χ0) is 25.1. The molecule has 5 rings (SSSR count). The summed E-state index contributed by atoms with van der Waals surface area (Å²) in [5.74, 6) is 0.247. The molecule has 0 aliphatic rings. The highest BCUT2D eigenvalue weighted by atomic mass is 19.1. The van der Waals surface area contributed by atoms with E-state index in [1.807, 2.05) is 50.3 Å². The van der Waals surface area contributed by atoms with Crippen molar-refractivity contribution < 1.29 is 4.39 Å². The molecule has 0 atom stereocenters. The molecule has 4 heterocycles. The number of likely N-dealkylation sites (N-methyl/N-ethyl adjacent to an activating group) is 1. The fraction of sp³-hybridized carbons (Fsp3) is 0.143. The van der Waals surface area contributed by atoms with Crippen LogP contribution in [-0.4, -0.2) is 43.2 Å². The van der Waals surface area contributed by atoms with Crippen LogP contribution in [0.15, 0.2) is 79.3 Å². The molecule has 0 aliphatic heterocycles. The second-order valence-corrected chi connectivity index (χ2v) is 8.27. The standard InChI is InChI=1S/C28H26FN7/c1-4-17(16-30-6-3)13-18(5-2)20-14-21-24(15-22(20)29)35-36-26(21)28-33-23-9-12-32-25(27(23)34-28)19-7-10-31-11-8-19/h4-5,7-15,30H,1,6,16H2,2-3H3,(H,33,34)(H,35,36)/b17-13+,18-5+. The van der Waals surface area contributed by atoms with Gasteiger partial charge >= 0.3 is 0 Å². The summed E-state index contributed by atoms with van der Waals surface area (Å²) in [5, 5.41) is 11.5.